The maximum Gasteiger partial charge on any atom is 0.132 e. The molecule has 0 amide bonds. The number of halogens is 1. The Balaban J connectivity index is 2.27. The minimum atomic E-state index is 0.384. The van der Waals surface area contributed by atoms with Gasteiger partial charge in [0.25, 0.3) is 0 Å². The smallest absolute Gasteiger partial charge is 0.132 e. The summed E-state index contributed by atoms with van der Waals surface area (Å²) in [5.41, 5.74) is 2.36. The molecular weight excluding hydrogens is 252 g/mol. The van der Waals surface area contributed by atoms with Crippen molar-refractivity contribution in [2.75, 3.05) is 0 Å². The summed E-state index contributed by atoms with van der Waals surface area (Å²) in [5.74, 6) is 1.09. The number of phenols is 1. The van der Waals surface area contributed by atoms with E-state index in [-0.39, 0.29) is 0 Å². The molecule has 15 heavy (non-hydrogen) atoms. The highest BCUT2D eigenvalue weighted by atomic mass is 79.9. The quantitative estimate of drug-likeness (QED) is 0.795. The van der Waals surface area contributed by atoms with Crippen LogP contribution in [-0.4, -0.2) is 5.11 Å². The second-order valence-corrected chi connectivity index (χ2v) is 5.36. The first-order valence-electron chi connectivity index (χ1n) is 5.67. The number of benzene rings is 1. The number of phenolic OH excluding ortho intramolecular Hbond substituents is 1. The molecule has 1 aromatic rings. The molecule has 0 atom stereocenters. The Morgan fingerprint density at radius 1 is 1.20 bits per heavy atom. The monoisotopic (exact) mass is 268 g/mol. The van der Waals surface area contributed by atoms with E-state index in [1.165, 1.54) is 37.7 Å². The highest BCUT2D eigenvalue weighted by Gasteiger charge is 2.17. The van der Waals surface area contributed by atoms with Crippen molar-refractivity contribution in [3.05, 3.63) is 27.7 Å². The van der Waals surface area contributed by atoms with Crippen LogP contribution in [0.25, 0.3) is 0 Å². The van der Waals surface area contributed by atoms with E-state index in [1.54, 1.807) is 0 Å². The SMILES string of the molecule is Cc1cc(C2CCCCC2)cc(Br)c1O. The molecule has 0 heterocycles. The Labute approximate surface area is 99.6 Å². The molecule has 0 spiro atoms. The lowest BCUT2D eigenvalue weighted by molar-refractivity contribution is 0.440. The number of hydrogen-bond donors (Lipinski definition) is 1. The van der Waals surface area contributed by atoms with Crippen LogP contribution in [0, 0.1) is 6.92 Å². The first-order chi connectivity index (χ1) is 7.18. The predicted molar refractivity (Wildman–Crippen MR) is 66.4 cm³/mol. The van der Waals surface area contributed by atoms with E-state index in [9.17, 15) is 5.11 Å². The van der Waals surface area contributed by atoms with Crippen molar-refractivity contribution in [1.29, 1.82) is 0 Å². The second kappa shape index (κ2) is 4.56. The molecule has 1 aromatic carbocycles. The zero-order valence-electron chi connectivity index (χ0n) is 9.09. The van der Waals surface area contributed by atoms with Gasteiger partial charge in [0.1, 0.15) is 5.75 Å². The van der Waals surface area contributed by atoms with Crippen molar-refractivity contribution in [2.45, 2.75) is 44.9 Å². The molecule has 0 aliphatic heterocycles. The second-order valence-electron chi connectivity index (χ2n) is 4.50. The summed E-state index contributed by atoms with van der Waals surface area (Å²) in [6.07, 6.45) is 6.69. The summed E-state index contributed by atoms with van der Waals surface area (Å²) >= 11 is 3.41. The lowest BCUT2D eigenvalue weighted by atomic mass is 9.83. The van der Waals surface area contributed by atoms with E-state index < -0.39 is 0 Å². The fourth-order valence-corrected chi connectivity index (χ4v) is 3.01. The number of aryl methyl sites for hydroxylation is 1. The molecule has 1 fully saturated rings. The molecule has 1 N–H and O–H groups in total. The third-order valence-corrected chi connectivity index (χ3v) is 3.96. The first-order valence-corrected chi connectivity index (χ1v) is 6.47. The van der Waals surface area contributed by atoms with Crippen LogP contribution < -0.4 is 0 Å². The van der Waals surface area contributed by atoms with E-state index in [0.29, 0.717) is 11.7 Å². The van der Waals surface area contributed by atoms with E-state index in [0.717, 1.165) is 10.0 Å². The van der Waals surface area contributed by atoms with Gasteiger partial charge in [-0.25, -0.2) is 0 Å². The highest BCUT2D eigenvalue weighted by molar-refractivity contribution is 9.10. The minimum absolute atomic E-state index is 0.384. The minimum Gasteiger partial charge on any atom is -0.506 e. The van der Waals surface area contributed by atoms with E-state index in [2.05, 4.69) is 28.1 Å². The van der Waals surface area contributed by atoms with Gasteiger partial charge in [0, 0.05) is 0 Å². The molecule has 2 heteroatoms. The maximum atomic E-state index is 9.68. The van der Waals surface area contributed by atoms with Crippen LogP contribution in [-0.2, 0) is 0 Å². The lowest BCUT2D eigenvalue weighted by Gasteiger charge is -2.22. The van der Waals surface area contributed by atoms with Crippen LogP contribution in [0.5, 0.6) is 5.75 Å². The Morgan fingerprint density at radius 3 is 2.47 bits per heavy atom. The average molecular weight is 269 g/mol. The summed E-state index contributed by atoms with van der Waals surface area (Å²) < 4.78 is 0.836. The largest absolute Gasteiger partial charge is 0.506 e. The Kier molecular flexibility index (Phi) is 3.35. The van der Waals surface area contributed by atoms with Gasteiger partial charge in [-0.3, -0.25) is 0 Å². The van der Waals surface area contributed by atoms with E-state index in [1.807, 2.05) is 6.92 Å². The maximum absolute atomic E-state index is 9.68. The molecular formula is C13H17BrO. The number of hydrogen-bond acceptors (Lipinski definition) is 1. The number of rotatable bonds is 1. The zero-order valence-corrected chi connectivity index (χ0v) is 10.7. The molecule has 0 aromatic heterocycles. The number of aromatic hydroxyl groups is 1. The van der Waals surface area contributed by atoms with Crippen LogP contribution >= 0.6 is 15.9 Å². The van der Waals surface area contributed by atoms with Crippen molar-refractivity contribution in [2.24, 2.45) is 0 Å². The van der Waals surface area contributed by atoms with Crippen LogP contribution in [0.1, 0.15) is 49.1 Å². The Hall–Kier alpha value is -0.500. The molecule has 0 saturated heterocycles. The molecule has 1 aliphatic rings. The fraction of sp³-hybridized carbons (Fsp3) is 0.538. The van der Waals surface area contributed by atoms with Crippen molar-refractivity contribution in [3.63, 3.8) is 0 Å². The van der Waals surface area contributed by atoms with Crippen LogP contribution in [0.2, 0.25) is 0 Å². The molecule has 0 unspecified atom stereocenters. The topological polar surface area (TPSA) is 20.2 Å². The molecule has 0 bridgehead atoms. The standard InChI is InChI=1S/C13H17BrO/c1-9-7-11(8-12(14)13(9)15)10-5-3-2-4-6-10/h7-8,10,15H,2-6H2,1H3. The van der Waals surface area contributed by atoms with Crippen molar-refractivity contribution >= 4 is 15.9 Å². The fourth-order valence-electron chi connectivity index (χ4n) is 2.43. The normalized spacial score (nSPS) is 18.0. The van der Waals surface area contributed by atoms with Crippen molar-refractivity contribution < 1.29 is 5.11 Å². The van der Waals surface area contributed by atoms with Gasteiger partial charge in [-0.2, -0.15) is 0 Å². The summed E-state index contributed by atoms with van der Waals surface area (Å²) in [5, 5.41) is 9.68. The van der Waals surface area contributed by atoms with Gasteiger partial charge in [0.2, 0.25) is 0 Å². The van der Waals surface area contributed by atoms with Crippen LogP contribution in [0.3, 0.4) is 0 Å². The average Bonchev–Trinajstić information content (AvgIpc) is 2.26. The van der Waals surface area contributed by atoms with Crippen molar-refractivity contribution in [1.82, 2.24) is 0 Å². The molecule has 0 radical (unpaired) electrons. The molecule has 1 nitrogen and oxygen atoms in total. The van der Waals surface area contributed by atoms with Gasteiger partial charge >= 0.3 is 0 Å². The molecule has 1 aliphatic carbocycles. The highest BCUT2D eigenvalue weighted by Crippen LogP contribution is 2.37. The first kappa shape index (κ1) is 11.0. The molecule has 2 rings (SSSR count). The van der Waals surface area contributed by atoms with Crippen LogP contribution in [0.4, 0.5) is 0 Å². The molecule has 1 saturated carbocycles. The summed E-state index contributed by atoms with van der Waals surface area (Å²) in [7, 11) is 0. The van der Waals surface area contributed by atoms with Gasteiger partial charge in [-0.15, -0.1) is 0 Å². The summed E-state index contributed by atoms with van der Waals surface area (Å²) in [6, 6.07) is 4.22. The summed E-state index contributed by atoms with van der Waals surface area (Å²) in [6.45, 7) is 1.96. The van der Waals surface area contributed by atoms with Gasteiger partial charge in [-0.05, 0) is 58.8 Å². The predicted octanol–water partition coefficient (Wildman–Crippen LogP) is 4.51. The van der Waals surface area contributed by atoms with E-state index in [4.69, 9.17) is 0 Å². The van der Waals surface area contributed by atoms with Crippen molar-refractivity contribution in [3.8, 4) is 5.75 Å². The summed E-state index contributed by atoms with van der Waals surface area (Å²) in [4.78, 5) is 0. The van der Waals surface area contributed by atoms with Gasteiger partial charge in [0.05, 0.1) is 4.47 Å². The molecule has 82 valence electrons. The van der Waals surface area contributed by atoms with Gasteiger partial charge in [0.15, 0.2) is 0 Å². The van der Waals surface area contributed by atoms with Crippen LogP contribution in [0.15, 0.2) is 16.6 Å². The zero-order chi connectivity index (χ0) is 10.8. The lowest BCUT2D eigenvalue weighted by Crippen LogP contribution is -2.04. The third kappa shape index (κ3) is 2.36. The van der Waals surface area contributed by atoms with Gasteiger partial charge < -0.3 is 5.11 Å². The third-order valence-electron chi connectivity index (χ3n) is 3.35. The Morgan fingerprint density at radius 2 is 1.87 bits per heavy atom. The van der Waals surface area contributed by atoms with Gasteiger partial charge in [-0.1, -0.05) is 25.3 Å². The van der Waals surface area contributed by atoms with E-state index >= 15 is 0 Å². The Bertz CT molecular complexity index is 331.